The van der Waals surface area contributed by atoms with E-state index in [-0.39, 0.29) is 13.0 Å². The summed E-state index contributed by atoms with van der Waals surface area (Å²) in [6.07, 6.45) is 41.8. The zero-order chi connectivity index (χ0) is 48.4. The number of allylic oxidation sites excluding steroid dienone is 8. The van der Waals surface area contributed by atoms with Crippen LogP contribution in [0.5, 0.6) is 0 Å². The van der Waals surface area contributed by atoms with Crippen molar-refractivity contribution in [3.8, 4) is 0 Å². The Bertz CT molecular complexity index is 1270. The highest BCUT2D eigenvalue weighted by Gasteiger charge is 2.51. The van der Waals surface area contributed by atoms with Crippen LogP contribution < -0.4 is 0 Å². The Morgan fingerprint density at radius 3 is 1.36 bits per heavy atom. The van der Waals surface area contributed by atoms with E-state index in [0.29, 0.717) is 13.0 Å². The second-order valence-electron chi connectivity index (χ2n) is 18.4. The molecule has 0 amide bonds. The Hall–Kier alpha value is -1.70. The number of hydrogen-bond donors (Lipinski definition) is 6. The monoisotopic (exact) mass is 957 g/mol. The average molecular weight is 957 g/mol. The average Bonchev–Trinajstić information content (AvgIpc) is 3.30. The van der Waals surface area contributed by atoms with Crippen molar-refractivity contribution in [2.45, 2.75) is 262 Å². The summed E-state index contributed by atoms with van der Waals surface area (Å²) in [5.74, 6) is -0.498. The molecule has 0 saturated heterocycles. The Morgan fingerprint density at radius 1 is 0.500 bits per heavy atom. The standard InChI is InChI=1S/C53H97O12P/c1-3-5-7-9-11-13-15-17-19-21-22-23-24-25-27-29-31-33-35-37-39-41-43-62-44-46(45-63-66(60,61)65-53-51(58)49(56)48(55)50(57)52(53)59)64-47(54)42-40-38-36-34-32-30-28-26-20-18-16-14-12-10-8-6-4-2/h6,8,12,14,18,20,28,30,46,48-53,55-59H,3-5,7,9-11,13,15-17,19,21-27,29,31-45H2,1-2H3,(H,60,61)/b8-6-,14-12-,20-18-,30-28-. The van der Waals surface area contributed by atoms with Gasteiger partial charge < -0.3 is 39.9 Å². The molecule has 6 unspecified atom stereocenters. The van der Waals surface area contributed by atoms with Crippen molar-refractivity contribution < 1.29 is 58.3 Å². The molecule has 1 rings (SSSR count). The number of rotatable bonds is 45. The molecule has 12 nitrogen and oxygen atoms in total. The van der Waals surface area contributed by atoms with Crippen molar-refractivity contribution in [3.63, 3.8) is 0 Å². The second kappa shape index (κ2) is 43.3. The predicted octanol–water partition coefficient (Wildman–Crippen LogP) is 12.0. The highest BCUT2D eigenvalue weighted by Crippen LogP contribution is 2.47. The van der Waals surface area contributed by atoms with Crippen LogP contribution in [0.1, 0.15) is 219 Å². The lowest BCUT2D eigenvalue weighted by Crippen LogP contribution is -2.64. The SMILES string of the molecule is CC/C=C\C/C=C\C/C=C\C/C=C\CCCCCCC(=O)OC(COCCCCCCCCCCCCCCCCCCCCCCCC)COP(=O)(O)OC1C(O)C(O)C(O)C(O)C1O. The van der Waals surface area contributed by atoms with Crippen molar-refractivity contribution >= 4 is 13.8 Å². The summed E-state index contributed by atoms with van der Waals surface area (Å²) >= 11 is 0. The van der Waals surface area contributed by atoms with Crippen LogP contribution in [0.4, 0.5) is 0 Å². The topological polar surface area (TPSA) is 192 Å². The molecule has 0 heterocycles. The second-order valence-corrected chi connectivity index (χ2v) is 19.8. The fourth-order valence-corrected chi connectivity index (χ4v) is 9.03. The van der Waals surface area contributed by atoms with E-state index >= 15 is 0 Å². The molecule has 0 aromatic carbocycles. The first kappa shape index (κ1) is 62.3. The van der Waals surface area contributed by atoms with Gasteiger partial charge in [0.1, 0.15) is 42.7 Å². The van der Waals surface area contributed by atoms with Gasteiger partial charge in [-0.15, -0.1) is 0 Å². The third-order valence-corrected chi connectivity index (χ3v) is 13.2. The number of aliphatic hydroxyl groups excluding tert-OH is 5. The van der Waals surface area contributed by atoms with Gasteiger partial charge in [-0.25, -0.2) is 4.57 Å². The van der Waals surface area contributed by atoms with E-state index in [2.05, 4.69) is 62.5 Å². The van der Waals surface area contributed by atoms with E-state index in [9.17, 15) is 39.8 Å². The molecule has 66 heavy (non-hydrogen) atoms. The minimum atomic E-state index is -5.03. The van der Waals surface area contributed by atoms with Gasteiger partial charge in [0.2, 0.25) is 0 Å². The summed E-state index contributed by atoms with van der Waals surface area (Å²) in [4.78, 5) is 23.2. The van der Waals surface area contributed by atoms with Crippen LogP contribution >= 0.6 is 7.82 Å². The molecule has 1 fully saturated rings. The lowest BCUT2D eigenvalue weighted by atomic mass is 9.85. The van der Waals surface area contributed by atoms with Gasteiger partial charge in [-0.3, -0.25) is 13.8 Å². The molecule has 0 spiro atoms. The zero-order valence-electron chi connectivity index (χ0n) is 41.5. The number of hydrogen-bond acceptors (Lipinski definition) is 11. The van der Waals surface area contributed by atoms with Gasteiger partial charge in [0, 0.05) is 13.0 Å². The number of phosphoric ester groups is 1. The predicted molar refractivity (Wildman–Crippen MR) is 267 cm³/mol. The number of carbonyl (C=O) groups is 1. The largest absolute Gasteiger partial charge is 0.472 e. The number of aliphatic hydroxyl groups is 5. The molecule has 1 aliphatic rings. The Balaban J connectivity index is 2.32. The Kier molecular flexibility index (Phi) is 40.9. The van der Waals surface area contributed by atoms with E-state index < -0.39 is 63.1 Å². The van der Waals surface area contributed by atoms with Crippen molar-refractivity contribution in [2.24, 2.45) is 0 Å². The number of carbonyl (C=O) groups excluding carboxylic acids is 1. The number of ether oxygens (including phenoxy) is 2. The van der Waals surface area contributed by atoms with E-state index in [0.717, 1.165) is 70.6 Å². The van der Waals surface area contributed by atoms with E-state index in [4.69, 9.17) is 18.5 Å². The zero-order valence-corrected chi connectivity index (χ0v) is 42.4. The maximum absolute atomic E-state index is 12.9. The summed E-state index contributed by atoms with van der Waals surface area (Å²) in [5.41, 5.74) is 0. The van der Waals surface area contributed by atoms with Gasteiger partial charge in [-0.05, 0) is 51.4 Å². The summed E-state index contributed by atoms with van der Waals surface area (Å²) in [6, 6.07) is 0. The molecular formula is C53H97O12P. The Labute approximate surface area is 401 Å². The van der Waals surface area contributed by atoms with Crippen molar-refractivity contribution in [3.05, 3.63) is 48.6 Å². The van der Waals surface area contributed by atoms with Crippen LogP contribution in [-0.4, -0.2) is 98.9 Å². The van der Waals surface area contributed by atoms with Crippen LogP contribution in [0.2, 0.25) is 0 Å². The number of phosphoric acid groups is 1. The maximum atomic E-state index is 12.9. The summed E-state index contributed by atoms with van der Waals surface area (Å²) < 4.78 is 34.3. The van der Waals surface area contributed by atoms with E-state index in [1.165, 1.54) is 122 Å². The maximum Gasteiger partial charge on any atom is 0.472 e. The van der Waals surface area contributed by atoms with Gasteiger partial charge in [-0.1, -0.05) is 210 Å². The summed E-state index contributed by atoms with van der Waals surface area (Å²) in [6.45, 7) is 4.15. The van der Waals surface area contributed by atoms with Crippen molar-refractivity contribution in [1.82, 2.24) is 0 Å². The van der Waals surface area contributed by atoms with Crippen LogP contribution in [0.25, 0.3) is 0 Å². The van der Waals surface area contributed by atoms with Gasteiger partial charge in [-0.2, -0.15) is 0 Å². The molecule has 1 aliphatic carbocycles. The van der Waals surface area contributed by atoms with Crippen LogP contribution in [-0.2, 0) is 27.9 Å². The first-order valence-electron chi connectivity index (χ1n) is 26.5. The number of esters is 1. The first-order chi connectivity index (χ1) is 32.0. The van der Waals surface area contributed by atoms with Crippen molar-refractivity contribution in [2.75, 3.05) is 19.8 Å². The molecular weight excluding hydrogens is 860 g/mol. The van der Waals surface area contributed by atoms with Crippen LogP contribution in [0.15, 0.2) is 48.6 Å². The first-order valence-corrected chi connectivity index (χ1v) is 28.0. The quantitative estimate of drug-likeness (QED) is 0.0147. The molecule has 13 heteroatoms. The summed E-state index contributed by atoms with van der Waals surface area (Å²) in [7, 11) is -5.03. The van der Waals surface area contributed by atoms with Crippen LogP contribution in [0, 0.1) is 0 Å². The molecule has 6 atom stereocenters. The highest BCUT2D eigenvalue weighted by atomic mass is 31.2. The van der Waals surface area contributed by atoms with E-state index in [1.54, 1.807) is 0 Å². The molecule has 0 aromatic heterocycles. The highest BCUT2D eigenvalue weighted by molar-refractivity contribution is 7.47. The molecule has 0 aromatic rings. The van der Waals surface area contributed by atoms with Crippen molar-refractivity contribution in [1.29, 1.82) is 0 Å². The molecule has 1 saturated carbocycles. The van der Waals surface area contributed by atoms with Gasteiger partial charge >= 0.3 is 13.8 Å². The minimum absolute atomic E-state index is 0.0852. The lowest BCUT2D eigenvalue weighted by molar-refractivity contribution is -0.220. The number of unbranched alkanes of at least 4 members (excludes halogenated alkanes) is 25. The lowest BCUT2D eigenvalue weighted by Gasteiger charge is -2.41. The third-order valence-electron chi connectivity index (χ3n) is 12.2. The fraction of sp³-hybridized carbons (Fsp3) is 0.830. The van der Waals surface area contributed by atoms with E-state index in [1.807, 2.05) is 0 Å². The summed E-state index contributed by atoms with van der Waals surface area (Å²) in [5, 5.41) is 50.3. The normalized spacial score (nSPS) is 21.8. The molecule has 0 radical (unpaired) electrons. The van der Waals surface area contributed by atoms with Gasteiger partial charge in [0.25, 0.3) is 0 Å². The van der Waals surface area contributed by atoms with Crippen LogP contribution in [0.3, 0.4) is 0 Å². The Morgan fingerprint density at radius 2 is 0.894 bits per heavy atom. The fourth-order valence-electron chi connectivity index (χ4n) is 8.05. The van der Waals surface area contributed by atoms with Gasteiger partial charge in [0.05, 0.1) is 13.2 Å². The third kappa shape index (κ3) is 34.6. The molecule has 6 N–H and O–H groups in total. The smallest absolute Gasteiger partial charge is 0.457 e. The molecule has 0 bridgehead atoms. The molecule has 386 valence electrons. The molecule has 0 aliphatic heterocycles. The van der Waals surface area contributed by atoms with Gasteiger partial charge in [0.15, 0.2) is 0 Å². The minimum Gasteiger partial charge on any atom is -0.457 e.